The van der Waals surface area contributed by atoms with Crippen molar-refractivity contribution in [3.8, 4) is 22.9 Å². The molecule has 0 unspecified atom stereocenters. The Morgan fingerprint density at radius 2 is 1.96 bits per heavy atom. The number of anilines is 1. The predicted octanol–water partition coefficient (Wildman–Crippen LogP) is 3.73. The van der Waals surface area contributed by atoms with Crippen molar-refractivity contribution in [2.24, 2.45) is 7.05 Å². The summed E-state index contributed by atoms with van der Waals surface area (Å²) >= 11 is 0. The molecule has 3 rings (SSSR count). The third kappa shape index (κ3) is 2.94. The monoisotopic (exact) mass is 350 g/mol. The number of nitriles is 1. The number of imidazole rings is 1. The number of halogens is 4. The second-order valence-electron chi connectivity index (χ2n) is 5.24. The van der Waals surface area contributed by atoms with Crippen molar-refractivity contribution in [3.05, 3.63) is 42.0 Å². The summed E-state index contributed by atoms with van der Waals surface area (Å²) < 4.78 is 56.4. The molecule has 1 heterocycles. The lowest BCUT2D eigenvalue weighted by Crippen LogP contribution is -2.17. The fraction of sp³-hybridized carbons (Fsp3) is 0.125. The van der Waals surface area contributed by atoms with Crippen LogP contribution in [0.5, 0.6) is 5.75 Å². The summed E-state index contributed by atoms with van der Waals surface area (Å²) in [7, 11) is 1.65. The van der Waals surface area contributed by atoms with Crippen LogP contribution >= 0.6 is 0 Å². The van der Waals surface area contributed by atoms with Crippen molar-refractivity contribution < 1.29 is 22.3 Å². The van der Waals surface area contributed by atoms with Gasteiger partial charge in [0.15, 0.2) is 0 Å². The van der Waals surface area contributed by atoms with Gasteiger partial charge in [-0.15, -0.1) is 13.2 Å². The maximum atomic E-state index is 14.4. The number of ether oxygens (including phenoxy) is 1. The fourth-order valence-electron chi connectivity index (χ4n) is 2.59. The second kappa shape index (κ2) is 5.66. The zero-order chi connectivity index (χ0) is 18.4. The summed E-state index contributed by atoms with van der Waals surface area (Å²) in [6.45, 7) is 0. The molecular weight excluding hydrogens is 340 g/mol. The molecule has 0 radical (unpaired) electrons. The van der Waals surface area contributed by atoms with E-state index in [9.17, 15) is 22.8 Å². The molecule has 128 valence electrons. The van der Waals surface area contributed by atoms with Crippen LogP contribution in [0.25, 0.3) is 22.2 Å². The number of hydrogen-bond acceptors (Lipinski definition) is 4. The summed E-state index contributed by atoms with van der Waals surface area (Å²) in [6.07, 6.45) is -3.48. The number of fused-ring (bicyclic) bond motifs is 1. The molecule has 0 aliphatic rings. The van der Waals surface area contributed by atoms with E-state index in [1.165, 1.54) is 12.4 Å². The zero-order valence-electron chi connectivity index (χ0n) is 12.7. The number of nitrogen functional groups attached to an aromatic ring is 1. The normalized spacial score (nSPS) is 11.5. The van der Waals surface area contributed by atoms with Gasteiger partial charge < -0.3 is 15.0 Å². The Hall–Kier alpha value is -3.28. The molecule has 3 aromatic rings. The molecule has 0 spiro atoms. The molecule has 0 amide bonds. The van der Waals surface area contributed by atoms with Gasteiger partial charge in [0.05, 0.1) is 23.0 Å². The van der Waals surface area contributed by atoms with Crippen LogP contribution in [0.2, 0.25) is 0 Å². The van der Waals surface area contributed by atoms with Crippen molar-refractivity contribution in [1.29, 1.82) is 5.26 Å². The lowest BCUT2D eigenvalue weighted by atomic mass is 9.99. The van der Waals surface area contributed by atoms with Crippen LogP contribution in [0.1, 0.15) is 5.56 Å². The van der Waals surface area contributed by atoms with Crippen molar-refractivity contribution in [2.75, 3.05) is 5.73 Å². The van der Waals surface area contributed by atoms with E-state index in [0.29, 0.717) is 17.1 Å². The number of nitrogens with zero attached hydrogens (tertiary/aromatic N) is 3. The van der Waals surface area contributed by atoms with E-state index in [-0.39, 0.29) is 22.4 Å². The Morgan fingerprint density at radius 3 is 2.56 bits per heavy atom. The Balaban J connectivity index is 2.20. The highest BCUT2D eigenvalue weighted by molar-refractivity contribution is 5.99. The molecule has 1 aromatic heterocycles. The molecule has 5 nitrogen and oxygen atoms in total. The van der Waals surface area contributed by atoms with Crippen LogP contribution in [-0.4, -0.2) is 15.9 Å². The molecule has 0 aliphatic carbocycles. The smallest absolute Gasteiger partial charge is 0.406 e. The number of benzene rings is 2. The van der Waals surface area contributed by atoms with E-state index in [1.807, 2.05) is 6.07 Å². The van der Waals surface area contributed by atoms with Crippen molar-refractivity contribution >= 4 is 16.7 Å². The number of hydrogen-bond donors (Lipinski definition) is 1. The van der Waals surface area contributed by atoms with Crippen molar-refractivity contribution in [1.82, 2.24) is 9.55 Å². The molecule has 0 saturated heterocycles. The summed E-state index contributed by atoms with van der Waals surface area (Å²) in [6, 6.07) is 6.11. The Morgan fingerprint density at radius 1 is 1.24 bits per heavy atom. The summed E-state index contributed by atoms with van der Waals surface area (Å²) in [5.74, 6) is -1.61. The van der Waals surface area contributed by atoms with Crippen LogP contribution in [0.4, 0.5) is 23.2 Å². The Kier molecular flexibility index (Phi) is 3.75. The van der Waals surface area contributed by atoms with Gasteiger partial charge in [0.25, 0.3) is 0 Å². The van der Waals surface area contributed by atoms with Crippen LogP contribution in [0.15, 0.2) is 30.6 Å². The second-order valence-corrected chi connectivity index (χ2v) is 5.24. The number of nitrogens with two attached hydrogens (primary N) is 1. The first-order valence-electron chi connectivity index (χ1n) is 6.90. The summed E-state index contributed by atoms with van der Waals surface area (Å²) in [5, 5.41) is 9.25. The van der Waals surface area contributed by atoms with E-state index in [0.717, 1.165) is 12.1 Å². The van der Waals surface area contributed by atoms with Crippen LogP contribution in [-0.2, 0) is 7.05 Å². The maximum absolute atomic E-state index is 14.4. The van der Waals surface area contributed by atoms with E-state index >= 15 is 0 Å². The molecule has 2 N–H and O–H groups in total. The van der Waals surface area contributed by atoms with Crippen molar-refractivity contribution in [2.45, 2.75) is 6.36 Å². The van der Waals surface area contributed by atoms with Crippen LogP contribution < -0.4 is 10.5 Å². The first kappa shape index (κ1) is 16.6. The van der Waals surface area contributed by atoms with Gasteiger partial charge in [-0.2, -0.15) is 5.26 Å². The molecule has 0 bridgehead atoms. The van der Waals surface area contributed by atoms with Gasteiger partial charge in [0.1, 0.15) is 23.2 Å². The van der Waals surface area contributed by atoms with Gasteiger partial charge in [0.2, 0.25) is 0 Å². The molecule has 9 heteroatoms. The molecule has 0 saturated carbocycles. The zero-order valence-corrected chi connectivity index (χ0v) is 12.7. The number of rotatable bonds is 2. The fourth-order valence-corrected chi connectivity index (χ4v) is 2.59. The highest BCUT2D eigenvalue weighted by Gasteiger charge is 2.31. The minimum Gasteiger partial charge on any atom is -0.406 e. The standard InChI is InChI=1S/C16H10F4N4O/c1-24-7-23-14-10(5-13(22)11(6-21)15(14)24)9-3-2-8(4-12(9)17)25-16(18,19)20/h2-5,7H,22H2,1H3. The summed E-state index contributed by atoms with van der Waals surface area (Å²) in [4.78, 5) is 4.15. The van der Waals surface area contributed by atoms with E-state index in [4.69, 9.17) is 5.73 Å². The van der Waals surface area contributed by atoms with E-state index in [2.05, 4.69) is 9.72 Å². The van der Waals surface area contributed by atoms with E-state index < -0.39 is 17.9 Å². The molecule has 0 fully saturated rings. The average molecular weight is 350 g/mol. The minimum atomic E-state index is -4.92. The number of alkyl halides is 3. The minimum absolute atomic E-state index is 0.00517. The highest BCUT2D eigenvalue weighted by atomic mass is 19.4. The lowest BCUT2D eigenvalue weighted by Gasteiger charge is -2.12. The third-order valence-corrected chi connectivity index (χ3v) is 3.59. The lowest BCUT2D eigenvalue weighted by molar-refractivity contribution is -0.274. The number of aromatic nitrogens is 2. The van der Waals surface area contributed by atoms with Gasteiger partial charge in [0, 0.05) is 24.2 Å². The molecule has 0 atom stereocenters. The van der Waals surface area contributed by atoms with Gasteiger partial charge in [-0.05, 0) is 18.2 Å². The number of aryl methyl sites for hydroxylation is 1. The van der Waals surface area contributed by atoms with E-state index in [1.54, 1.807) is 11.6 Å². The van der Waals surface area contributed by atoms with Gasteiger partial charge in [-0.25, -0.2) is 9.37 Å². The first-order chi connectivity index (χ1) is 11.7. The largest absolute Gasteiger partial charge is 0.573 e. The van der Waals surface area contributed by atoms with Crippen molar-refractivity contribution in [3.63, 3.8) is 0 Å². The average Bonchev–Trinajstić information content (AvgIpc) is 2.88. The van der Waals surface area contributed by atoms with Gasteiger partial charge >= 0.3 is 6.36 Å². The Labute approximate surface area is 138 Å². The van der Waals surface area contributed by atoms with Gasteiger partial charge in [-0.3, -0.25) is 0 Å². The highest BCUT2D eigenvalue weighted by Crippen LogP contribution is 2.36. The van der Waals surface area contributed by atoms with Crippen LogP contribution in [0, 0.1) is 17.1 Å². The molecule has 2 aromatic carbocycles. The quantitative estimate of drug-likeness (QED) is 0.564. The van der Waals surface area contributed by atoms with Crippen LogP contribution in [0.3, 0.4) is 0 Å². The SMILES string of the molecule is Cn1cnc2c(-c3ccc(OC(F)(F)F)cc3F)cc(N)c(C#N)c21. The Bertz CT molecular complexity index is 1020. The predicted molar refractivity (Wildman–Crippen MR) is 81.9 cm³/mol. The van der Waals surface area contributed by atoms with Gasteiger partial charge in [-0.1, -0.05) is 0 Å². The third-order valence-electron chi connectivity index (χ3n) is 3.59. The molecular formula is C16H10F4N4O. The topological polar surface area (TPSA) is 76.9 Å². The molecule has 25 heavy (non-hydrogen) atoms. The first-order valence-corrected chi connectivity index (χ1v) is 6.90. The maximum Gasteiger partial charge on any atom is 0.573 e. The molecule has 0 aliphatic heterocycles. The summed E-state index contributed by atoms with van der Waals surface area (Å²) in [5.41, 5.74) is 7.16.